The van der Waals surface area contributed by atoms with Gasteiger partial charge in [-0.05, 0) is 13.8 Å². The number of nitrogens with two attached hydrogens (primary N) is 1. The second kappa shape index (κ2) is 4.17. The molecule has 1 heterocycles. The van der Waals surface area contributed by atoms with Gasteiger partial charge in [0.25, 0.3) is 5.56 Å². The van der Waals surface area contributed by atoms with Crippen LogP contribution in [-0.4, -0.2) is 17.7 Å². The Balaban J connectivity index is 3.21. The van der Waals surface area contributed by atoms with Crippen molar-refractivity contribution in [3.8, 4) is 0 Å². The van der Waals surface area contributed by atoms with Gasteiger partial charge in [0.2, 0.25) is 0 Å². The van der Waals surface area contributed by atoms with E-state index in [4.69, 9.17) is 5.73 Å². The summed E-state index contributed by atoms with van der Waals surface area (Å²) in [5.74, 6) is 0. The summed E-state index contributed by atoms with van der Waals surface area (Å²) in [7, 11) is 1.70. The summed E-state index contributed by atoms with van der Waals surface area (Å²) in [6, 6.07) is 1.59. The van der Waals surface area contributed by atoms with Crippen LogP contribution in [0.15, 0.2) is 17.1 Å². The number of aryl methyl sites for hydroxylation is 1. The molecule has 1 aromatic heterocycles. The lowest BCUT2D eigenvalue weighted by Gasteiger charge is -2.22. The first-order valence-corrected chi connectivity index (χ1v) is 4.81. The molecule has 0 aliphatic carbocycles. The Hall–Kier alpha value is -1.45. The molecule has 0 bridgehead atoms. The summed E-state index contributed by atoms with van der Waals surface area (Å²) in [5, 5.41) is 0. The molecule has 0 saturated heterocycles. The molecule has 4 heteroatoms. The molecule has 0 fully saturated rings. The van der Waals surface area contributed by atoms with Crippen LogP contribution >= 0.6 is 0 Å². The van der Waals surface area contributed by atoms with E-state index in [1.54, 1.807) is 19.3 Å². The maximum atomic E-state index is 11.4. The first-order valence-electron chi connectivity index (χ1n) is 4.81. The highest BCUT2D eigenvalue weighted by atomic mass is 16.1. The predicted molar refractivity (Wildman–Crippen MR) is 59.7 cm³/mol. The number of nitrogen functional groups attached to an aromatic ring is 1. The van der Waals surface area contributed by atoms with Crippen molar-refractivity contribution in [1.29, 1.82) is 0 Å². The van der Waals surface area contributed by atoms with Crippen molar-refractivity contribution in [3.05, 3.63) is 22.6 Å². The van der Waals surface area contributed by atoms with Gasteiger partial charge in [-0.15, -0.1) is 0 Å². The molecule has 0 aliphatic rings. The first kappa shape index (κ1) is 10.6. The van der Waals surface area contributed by atoms with Crippen molar-refractivity contribution in [2.24, 2.45) is 7.05 Å². The monoisotopic (exact) mass is 195 g/mol. The highest BCUT2D eigenvalue weighted by Gasteiger charge is 2.07. The molecular weight excluding hydrogens is 178 g/mol. The van der Waals surface area contributed by atoms with Crippen LogP contribution in [0.2, 0.25) is 0 Å². The molecule has 0 aliphatic heterocycles. The smallest absolute Gasteiger partial charge is 0.252 e. The van der Waals surface area contributed by atoms with Crippen LogP contribution in [0.25, 0.3) is 0 Å². The number of rotatable bonds is 3. The zero-order valence-electron chi connectivity index (χ0n) is 8.95. The van der Waals surface area contributed by atoms with E-state index in [2.05, 4.69) is 4.90 Å². The number of pyridine rings is 1. The SMILES string of the molecule is CCN(CC)c1cc(=O)n(C)cc1N. The first-order chi connectivity index (χ1) is 6.60. The highest BCUT2D eigenvalue weighted by Crippen LogP contribution is 2.19. The molecule has 1 aromatic rings. The van der Waals surface area contributed by atoms with Gasteiger partial charge in [-0.2, -0.15) is 0 Å². The minimum Gasteiger partial charge on any atom is -0.396 e. The second-order valence-corrected chi connectivity index (χ2v) is 3.24. The summed E-state index contributed by atoms with van der Waals surface area (Å²) in [5.41, 5.74) is 7.29. The number of hydrogen-bond donors (Lipinski definition) is 1. The van der Waals surface area contributed by atoms with E-state index >= 15 is 0 Å². The van der Waals surface area contributed by atoms with Gasteiger partial charge in [-0.25, -0.2) is 0 Å². The minimum absolute atomic E-state index is 0.0268. The van der Waals surface area contributed by atoms with Gasteiger partial charge in [0.05, 0.1) is 11.4 Å². The van der Waals surface area contributed by atoms with E-state index in [0.717, 1.165) is 18.8 Å². The maximum absolute atomic E-state index is 11.4. The molecule has 0 atom stereocenters. The van der Waals surface area contributed by atoms with Gasteiger partial charge >= 0.3 is 0 Å². The van der Waals surface area contributed by atoms with Gasteiger partial charge in [-0.3, -0.25) is 4.79 Å². The van der Waals surface area contributed by atoms with Gasteiger partial charge in [0.15, 0.2) is 0 Å². The third kappa shape index (κ3) is 1.89. The van der Waals surface area contributed by atoms with Crippen molar-refractivity contribution >= 4 is 11.4 Å². The summed E-state index contributed by atoms with van der Waals surface area (Å²) < 4.78 is 1.49. The predicted octanol–water partition coefficient (Wildman–Crippen LogP) is 0.814. The number of anilines is 2. The molecule has 0 spiro atoms. The average molecular weight is 195 g/mol. The summed E-state index contributed by atoms with van der Waals surface area (Å²) in [6.07, 6.45) is 1.66. The second-order valence-electron chi connectivity index (χ2n) is 3.24. The fourth-order valence-electron chi connectivity index (χ4n) is 1.48. The number of aromatic nitrogens is 1. The van der Waals surface area contributed by atoms with Gasteiger partial charge in [-0.1, -0.05) is 0 Å². The molecule has 0 unspecified atom stereocenters. The van der Waals surface area contributed by atoms with Crippen molar-refractivity contribution in [2.45, 2.75) is 13.8 Å². The van der Waals surface area contributed by atoms with Crippen LogP contribution in [0, 0.1) is 0 Å². The standard InChI is InChI=1S/C10H17N3O/c1-4-13(5-2)9-6-10(14)12(3)7-8(9)11/h6-7H,4-5,11H2,1-3H3. The van der Waals surface area contributed by atoms with Gasteiger partial charge in [0.1, 0.15) is 0 Å². The lowest BCUT2D eigenvalue weighted by molar-refractivity contribution is 0.833. The summed E-state index contributed by atoms with van der Waals surface area (Å²) >= 11 is 0. The summed E-state index contributed by atoms with van der Waals surface area (Å²) in [6.45, 7) is 5.79. The molecular formula is C10H17N3O. The largest absolute Gasteiger partial charge is 0.396 e. The third-order valence-electron chi connectivity index (χ3n) is 2.34. The molecule has 78 valence electrons. The molecule has 2 N–H and O–H groups in total. The fourth-order valence-corrected chi connectivity index (χ4v) is 1.48. The average Bonchev–Trinajstić information content (AvgIpc) is 2.15. The Morgan fingerprint density at radius 1 is 1.43 bits per heavy atom. The van der Waals surface area contributed by atoms with E-state index in [1.807, 2.05) is 13.8 Å². The van der Waals surface area contributed by atoms with E-state index in [0.29, 0.717) is 5.69 Å². The maximum Gasteiger partial charge on any atom is 0.252 e. The normalized spacial score (nSPS) is 10.2. The van der Waals surface area contributed by atoms with Crippen LogP contribution in [-0.2, 0) is 7.05 Å². The number of nitrogens with zero attached hydrogens (tertiary/aromatic N) is 2. The Bertz CT molecular complexity index is 366. The van der Waals surface area contributed by atoms with Crippen LogP contribution in [0.4, 0.5) is 11.4 Å². The van der Waals surface area contributed by atoms with Gasteiger partial charge < -0.3 is 15.2 Å². The molecule has 14 heavy (non-hydrogen) atoms. The Morgan fingerprint density at radius 2 is 2.00 bits per heavy atom. The molecule has 4 nitrogen and oxygen atoms in total. The zero-order valence-corrected chi connectivity index (χ0v) is 8.95. The molecule has 0 amide bonds. The lowest BCUT2D eigenvalue weighted by atomic mass is 10.3. The van der Waals surface area contributed by atoms with Crippen molar-refractivity contribution in [3.63, 3.8) is 0 Å². The van der Waals surface area contributed by atoms with E-state index < -0.39 is 0 Å². The van der Waals surface area contributed by atoms with Crippen LogP contribution < -0.4 is 16.2 Å². The van der Waals surface area contributed by atoms with E-state index in [1.165, 1.54) is 4.57 Å². The van der Waals surface area contributed by atoms with E-state index in [-0.39, 0.29) is 5.56 Å². The van der Waals surface area contributed by atoms with Gasteiger partial charge in [0, 0.05) is 32.4 Å². The Morgan fingerprint density at radius 3 is 2.50 bits per heavy atom. The molecule has 0 aromatic carbocycles. The van der Waals surface area contributed by atoms with Crippen LogP contribution in [0.1, 0.15) is 13.8 Å². The quantitative estimate of drug-likeness (QED) is 0.776. The highest BCUT2D eigenvalue weighted by molar-refractivity contribution is 5.65. The fraction of sp³-hybridized carbons (Fsp3) is 0.500. The Kier molecular flexibility index (Phi) is 3.17. The van der Waals surface area contributed by atoms with Crippen molar-refractivity contribution in [2.75, 3.05) is 23.7 Å². The van der Waals surface area contributed by atoms with Crippen molar-refractivity contribution in [1.82, 2.24) is 4.57 Å². The van der Waals surface area contributed by atoms with Crippen LogP contribution in [0.5, 0.6) is 0 Å². The zero-order chi connectivity index (χ0) is 10.7. The molecule has 0 saturated carbocycles. The topological polar surface area (TPSA) is 51.3 Å². The molecule has 0 radical (unpaired) electrons. The van der Waals surface area contributed by atoms with Crippen LogP contribution in [0.3, 0.4) is 0 Å². The third-order valence-corrected chi connectivity index (χ3v) is 2.34. The number of hydrogen-bond acceptors (Lipinski definition) is 3. The Labute approximate surface area is 83.9 Å². The lowest BCUT2D eigenvalue weighted by Crippen LogP contribution is -2.26. The summed E-state index contributed by atoms with van der Waals surface area (Å²) in [4.78, 5) is 13.5. The minimum atomic E-state index is -0.0268. The van der Waals surface area contributed by atoms with E-state index in [9.17, 15) is 4.79 Å². The van der Waals surface area contributed by atoms with Crippen molar-refractivity contribution < 1.29 is 0 Å². The molecule has 1 rings (SSSR count).